The Morgan fingerprint density at radius 2 is 1.91 bits per heavy atom. The first-order chi connectivity index (χ1) is 15.5. The van der Waals surface area contributed by atoms with E-state index in [1.54, 1.807) is 42.4 Å². The van der Waals surface area contributed by atoms with Crippen molar-refractivity contribution >= 4 is 11.8 Å². The molecule has 2 heterocycles. The Morgan fingerprint density at radius 3 is 2.62 bits per heavy atom. The lowest BCUT2D eigenvalue weighted by Crippen LogP contribution is -2.48. The van der Waals surface area contributed by atoms with Crippen LogP contribution in [0, 0.1) is 18.7 Å². The van der Waals surface area contributed by atoms with Crippen LogP contribution in [0.25, 0.3) is 0 Å². The highest BCUT2D eigenvalue weighted by Crippen LogP contribution is 2.32. The van der Waals surface area contributed by atoms with Crippen LogP contribution in [-0.2, 0) is 11.3 Å². The largest absolute Gasteiger partial charge is 0.352 e. The van der Waals surface area contributed by atoms with Gasteiger partial charge in [-0.1, -0.05) is 36.4 Å². The molecule has 2 atom stereocenters. The zero-order valence-electron chi connectivity index (χ0n) is 18.0. The summed E-state index contributed by atoms with van der Waals surface area (Å²) in [5.74, 6) is -0.858. The Kier molecular flexibility index (Phi) is 6.59. The number of hydrogen-bond donors (Lipinski definition) is 1. The summed E-state index contributed by atoms with van der Waals surface area (Å²) in [5.41, 5.74) is 3.02. The molecule has 32 heavy (non-hydrogen) atoms. The van der Waals surface area contributed by atoms with Crippen LogP contribution in [-0.4, -0.2) is 34.8 Å². The van der Waals surface area contributed by atoms with Crippen LogP contribution in [0.1, 0.15) is 39.4 Å². The summed E-state index contributed by atoms with van der Waals surface area (Å²) in [7, 11) is 0. The molecule has 4 rings (SSSR count). The number of aryl methyl sites for hydroxylation is 1. The average molecular weight is 432 g/mol. The molecular weight excluding hydrogens is 405 g/mol. The van der Waals surface area contributed by atoms with E-state index in [2.05, 4.69) is 10.3 Å². The number of nitrogens with zero attached hydrogens (tertiary/aromatic N) is 2. The summed E-state index contributed by atoms with van der Waals surface area (Å²) in [6.45, 7) is 2.96. The van der Waals surface area contributed by atoms with Gasteiger partial charge in [0.1, 0.15) is 5.82 Å². The Labute approximate surface area is 187 Å². The molecule has 0 bridgehead atoms. The molecule has 1 fully saturated rings. The number of benzene rings is 2. The third-order valence-corrected chi connectivity index (χ3v) is 5.97. The Balaban J connectivity index is 1.55. The van der Waals surface area contributed by atoms with Crippen LogP contribution >= 0.6 is 0 Å². The number of halogens is 1. The minimum atomic E-state index is -0.358. The second kappa shape index (κ2) is 9.73. The molecule has 6 heteroatoms. The average Bonchev–Trinajstić information content (AvgIpc) is 2.84. The number of pyridine rings is 1. The summed E-state index contributed by atoms with van der Waals surface area (Å²) in [6.07, 6.45) is 4.01. The van der Waals surface area contributed by atoms with Crippen molar-refractivity contribution in [2.24, 2.45) is 5.92 Å². The Hall–Kier alpha value is -3.54. The lowest BCUT2D eigenvalue weighted by atomic mass is 9.83. The lowest BCUT2D eigenvalue weighted by Gasteiger charge is -2.37. The zero-order valence-corrected chi connectivity index (χ0v) is 18.0. The van der Waals surface area contributed by atoms with Crippen LogP contribution < -0.4 is 5.32 Å². The van der Waals surface area contributed by atoms with E-state index in [1.807, 2.05) is 36.4 Å². The fraction of sp³-hybridized carbons (Fsp3) is 0.269. The third-order valence-electron chi connectivity index (χ3n) is 5.97. The Bertz CT molecular complexity index is 1090. The first kappa shape index (κ1) is 21.7. The van der Waals surface area contributed by atoms with Crippen molar-refractivity contribution in [1.29, 1.82) is 0 Å². The minimum absolute atomic E-state index is 0.0511. The van der Waals surface area contributed by atoms with E-state index in [0.29, 0.717) is 37.2 Å². The molecule has 5 nitrogen and oxygen atoms in total. The smallest absolute Gasteiger partial charge is 0.253 e. The van der Waals surface area contributed by atoms with E-state index in [0.717, 1.165) is 11.1 Å². The summed E-state index contributed by atoms with van der Waals surface area (Å²) in [6, 6.07) is 17.9. The van der Waals surface area contributed by atoms with Crippen molar-refractivity contribution in [2.75, 3.05) is 13.1 Å². The molecule has 2 aromatic carbocycles. The van der Waals surface area contributed by atoms with Gasteiger partial charge in [-0.15, -0.1) is 0 Å². The number of aromatic nitrogens is 1. The van der Waals surface area contributed by atoms with Crippen LogP contribution in [0.5, 0.6) is 0 Å². The number of likely N-dealkylation sites (tertiary alicyclic amines) is 1. The number of amides is 2. The molecule has 164 valence electrons. The molecule has 0 spiro atoms. The van der Waals surface area contributed by atoms with Gasteiger partial charge in [-0.3, -0.25) is 14.6 Å². The predicted octanol–water partition coefficient (Wildman–Crippen LogP) is 4.09. The Morgan fingerprint density at radius 1 is 1.09 bits per heavy atom. The van der Waals surface area contributed by atoms with Crippen molar-refractivity contribution in [2.45, 2.75) is 25.8 Å². The van der Waals surface area contributed by atoms with Crippen molar-refractivity contribution in [3.05, 3.63) is 101 Å². The predicted molar refractivity (Wildman–Crippen MR) is 120 cm³/mol. The highest BCUT2D eigenvalue weighted by Gasteiger charge is 2.35. The minimum Gasteiger partial charge on any atom is -0.352 e. The van der Waals surface area contributed by atoms with Gasteiger partial charge in [0.2, 0.25) is 5.91 Å². The van der Waals surface area contributed by atoms with Crippen LogP contribution in [0.4, 0.5) is 4.39 Å². The third kappa shape index (κ3) is 5.02. The van der Waals surface area contributed by atoms with Gasteiger partial charge in [0.05, 0.1) is 5.92 Å². The molecule has 1 saturated heterocycles. The normalized spacial score (nSPS) is 18.2. The SMILES string of the molecule is Cc1cc([C@H]2C[C@@H](C(=O)NCc3cccnc3)CN(C(=O)c3ccccc3)C2)ccc1F. The summed E-state index contributed by atoms with van der Waals surface area (Å²) in [5, 5.41) is 2.98. The van der Waals surface area contributed by atoms with E-state index in [4.69, 9.17) is 0 Å². The van der Waals surface area contributed by atoms with Gasteiger partial charge in [-0.2, -0.15) is 0 Å². The fourth-order valence-corrected chi connectivity index (χ4v) is 4.22. The maximum Gasteiger partial charge on any atom is 0.253 e. The molecule has 1 aliphatic rings. The van der Waals surface area contributed by atoms with E-state index in [9.17, 15) is 14.0 Å². The monoisotopic (exact) mass is 431 g/mol. The second-order valence-corrected chi connectivity index (χ2v) is 8.29. The van der Waals surface area contributed by atoms with Gasteiger partial charge in [-0.25, -0.2) is 4.39 Å². The maximum absolute atomic E-state index is 13.8. The molecular formula is C26H26FN3O2. The van der Waals surface area contributed by atoms with Crippen LogP contribution in [0.3, 0.4) is 0 Å². The van der Waals surface area contributed by atoms with Crippen LogP contribution in [0.2, 0.25) is 0 Å². The van der Waals surface area contributed by atoms with E-state index in [1.165, 1.54) is 6.07 Å². The molecule has 1 aromatic heterocycles. The van der Waals surface area contributed by atoms with Crippen LogP contribution in [0.15, 0.2) is 73.1 Å². The van der Waals surface area contributed by atoms with Gasteiger partial charge in [0.25, 0.3) is 5.91 Å². The zero-order chi connectivity index (χ0) is 22.5. The standard InChI is InChI=1S/C26H26FN3O2/c1-18-12-21(9-10-24(18)27)22-13-23(25(31)29-15-19-6-5-11-28-14-19)17-30(16-22)26(32)20-7-3-2-4-8-20/h2-12,14,22-23H,13,15-17H2,1H3,(H,29,31)/t22-,23+/m0/s1. The topological polar surface area (TPSA) is 62.3 Å². The first-order valence-electron chi connectivity index (χ1n) is 10.8. The van der Waals surface area contributed by atoms with E-state index < -0.39 is 0 Å². The molecule has 0 saturated carbocycles. The van der Waals surface area contributed by atoms with Crippen molar-refractivity contribution in [1.82, 2.24) is 15.2 Å². The lowest BCUT2D eigenvalue weighted by molar-refractivity contribution is -0.126. The number of hydrogen-bond acceptors (Lipinski definition) is 3. The summed E-state index contributed by atoms with van der Waals surface area (Å²) >= 11 is 0. The molecule has 1 N–H and O–H groups in total. The number of nitrogens with one attached hydrogen (secondary N) is 1. The van der Waals surface area contributed by atoms with Gasteiger partial charge in [-0.05, 0) is 54.3 Å². The van der Waals surface area contributed by atoms with Gasteiger partial charge in [0, 0.05) is 43.5 Å². The van der Waals surface area contributed by atoms with Crippen molar-refractivity contribution in [3.8, 4) is 0 Å². The van der Waals surface area contributed by atoms with Gasteiger partial charge in [0.15, 0.2) is 0 Å². The number of rotatable bonds is 5. The summed E-state index contributed by atoms with van der Waals surface area (Å²) < 4.78 is 13.8. The van der Waals surface area contributed by atoms with Gasteiger partial charge >= 0.3 is 0 Å². The highest BCUT2D eigenvalue weighted by molar-refractivity contribution is 5.94. The maximum atomic E-state index is 13.8. The highest BCUT2D eigenvalue weighted by atomic mass is 19.1. The number of piperidine rings is 1. The molecule has 2 amide bonds. The first-order valence-corrected chi connectivity index (χ1v) is 10.8. The molecule has 3 aromatic rings. The second-order valence-electron chi connectivity index (χ2n) is 8.29. The van der Waals surface area contributed by atoms with Gasteiger partial charge < -0.3 is 10.2 Å². The molecule has 0 aliphatic carbocycles. The number of carbonyl (C=O) groups is 2. The van der Waals surface area contributed by atoms with Crippen molar-refractivity contribution < 1.29 is 14.0 Å². The molecule has 0 radical (unpaired) electrons. The fourth-order valence-electron chi connectivity index (χ4n) is 4.22. The van der Waals surface area contributed by atoms with Crippen molar-refractivity contribution in [3.63, 3.8) is 0 Å². The summed E-state index contributed by atoms with van der Waals surface area (Å²) in [4.78, 5) is 32.0. The van der Waals surface area contributed by atoms with E-state index in [-0.39, 0.29) is 29.5 Å². The van der Waals surface area contributed by atoms with E-state index >= 15 is 0 Å². The quantitative estimate of drug-likeness (QED) is 0.662. The number of carbonyl (C=O) groups excluding carboxylic acids is 2. The molecule has 1 aliphatic heterocycles. The molecule has 0 unspecified atom stereocenters.